The summed E-state index contributed by atoms with van der Waals surface area (Å²) in [6.07, 6.45) is 1.52. The highest BCUT2D eigenvalue weighted by atomic mass is 32.2. The molecule has 0 aliphatic heterocycles. The van der Waals surface area contributed by atoms with E-state index in [0.29, 0.717) is 0 Å². The first-order chi connectivity index (χ1) is 11.6. The highest BCUT2D eigenvalue weighted by Gasteiger charge is 2.09. The van der Waals surface area contributed by atoms with Gasteiger partial charge in [-0.05, 0) is 42.0 Å². The molecule has 1 heterocycles. The van der Waals surface area contributed by atoms with Gasteiger partial charge in [0.25, 0.3) is 5.91 Å². The van der Waals surface area contributed by atoms with Gasteiger partial charge in [-0.3, -0.25) is 4.79 Å². The summed E-state index contributed by atoms with van der Waals surface area (Å²) >= 11 is 1.36. The van der Waals surface area contributed by atoms with Gasteiger partial charge in [0, 0.05) is 7.05 Å². The number of benzene rings is 2. The van der Waals surface area contributed by atoms with E-state index in [1.807, 2.05) is 35.9 Å². The van der Waals surface area contributed by atoms with Crippen LogP contribution in [0.15, 0.2) is 58.8 Å². The summed E-state index contributed by atoms with van der Waals surface area (Å²) in [5.41, 5.74) is 5.21. The fraction of sp³-hybridized carbons (Fsp3) is 0.118. The molecule has 2 aromatic carbocycles. The minimum absolute atomic E-state index is 0.190. The van der Waals surface area contributed by atoms with E-state index >= 15 is 0 Å². The molecule has 3 rings (SSSR count). The minimum atomic E-state index is -0.206. The maximum absolute atomic E-state index is 11.9. The third-order valence-electron chi connectivity index (χ3n) is 3.37. The summed E-state index contributed by atoms with van der Waals surface area (Å²) in [5, 5.41) is 13.9. The molecule has 6 nitrogen and oxygen atoms in total. The Hall–Kier alpha value is -2.80. The van der Waals surface area contributed by atoms with Crippen LogP contribution in [-0.2, 0) is 11.8 Å². The van der Waals surface area contributed by atoms with Crippen LogP contribution >= 0.6 is 11.8 Å². The van der Waals surface area contributed by atoms with Gasteiger partial charge in [-0.1, -0.05) is 23.9 Å². The Balaban J connectivity index is 1.55. The molecule has 7 heteroatoms. The standard InChI is InChI=1S/C17H16N4O2S/c1-21-15-5-3-2-4-14(15)19-17(21)24-11-16(23)20-18-10-12-6-8-13(22)9-7-12/h2-10,22H,11H2,1H3,(H,20,23)/b18-10+. The fourth-order valence-corrected chi connectivity index (χ4v) is 2.93. The molecule has 1 amide bonds. The number of aromatic nitrogens is 2. The molecule has 1 aromatic heterocycles. The Morgan fingerprint density at radius 1 is 1.29 bits per heavy atom. The second-order valence-corrected chi connectivity index (χ2v) is 6.06. The number of rotatable bonds is 5. The van der Waals surface area contributed by atoms with E-state index in [1.165, 1.54) is 18.0 Å². The van der Waals surface area contributed by atoms with Crippen molar-refractivity contribution < 1.29 is 9.90 Å². The molecule has 0 fully saturated rings. The van der Waals surface area contributed by atoms with Gasteiger partial charge in [0.2, 0.25) is 0 Å². The van der Waals surface area contributed by atoms with E-state index in [-0.39, 0.29) is 17.4 Å². The third kappa shape index (κ3) is 3.75. The van der Waals surface area contributed by atoms with Gasteiger partial charge >= 0.3 is 0 Å². The van der Waals surface area contributed by atoms with E-state index in [2.05, 4.69) is 15.5 Å². The highest BCUT2D eigenvalue weighted by molar-refractivity contribution is 7.99. The number of aryl methyl sites for hydroxylation is 1. The number of hydrazone groups is 1. The molecule has 0 radical (unpaired) electrons. The number of phenols is 1. The SMILES string of the molecule is Cn1c(SCC(=O)N/N=C/c2ccc(O)cc2)nc2ccccc21. The smallest absolute Gasteiger partial charge is 0.250 e. The number of hydrogen-bond donors (Lipinski definition) is 2. The van der Waals surface area contributed by atoms with Crippen LogP contribution in [0.3, 0.4) is 0 Å². The molecule has 0 unspecified atom stereocenters. The zero-order valence-corrected chi connectivity index (χ0v) is 13.8. The molecule has 0 atom stereocenters. The van der Waals surface area contributed by atoms with Crippen molar-refractivity contribution in [3.05, 3.63) is 54.1 Å². The first-order valence-corrected chi connectivity index (χ1v) is 8.27. The second kappa shape index (κ2) is 7.18. The van der Waals surface area contributed by atoms with Crippen LogP contribution in [0.4, 0.5) is 0 Å². The number of imidazole rings is 1. The zero-order chi connectivity index (χ0) is 16.9. The molecular weight excluding hydrogens is 324 g/mol. The highest BCUT2D eigenvalue weighted by Crippen LogP contribution is 2.22. The lowest BCUT2D eigenvalue weighted by atomic mass is 10.2. The maximum Gasteiger partial charge on any atom is 0.250 e. The summed E-state index contributed by atoms with van der Waals surface area (Å²) in [6.45, 7) is 0. The molecule has 2 N–H and O–H groups in total. The maximum atomic E-state index is 11.9. The Morgan fingerprint density at radius 3 is 2.79 bits per heavy atom. The van der Waals surface area contributed by atoms with Gasteiger partial charge in [0.05, 0.1) is 23.0 Å². The first-order valence-electron chi connectivity index (χ1n) is 7.28. The van der Waals surface area contributed by atoms with E-state index in [4.69, 9.17) is 0 Å². The third-order valence-corrected chi connectivity index (χ3v) is 4.40. The number of amides is 1. The first kappa shape index (κ1) is 16.1. The summed E-state index contributed by atoms with van der Waals surface area (Å²) < 4.78 is 1.97. The Morgan fingerprint density at radius 2 is 2.04 bits per heavy atom. The van der Waals surface area contributed by atoms with Crippen LogP contribution in [0, 0.1) is 0 Å². The lowest BCUT2D eigenvalue weighted by Gasteiger charge is -2.01. The lowest BCUT2D eigenvalue weighted by Crippen LogP contribution is -2.19. The normalized spacial score (nSPS) is 11.2. The van der Waals surface area contributed by atoms with Crippen molar-refractivity contribution in [1.82, 2.24) is 15.0 Å². The largest absolute Gasteiger partial charge is 0.508 e. The predicted molar refractivity (Wildman–Crippen MR) is 95.3 cm³/mol. The van der Waals surface area contributed by atoms with E-state index in [1.54, 1.807) is 24.3 Å². The van der Waals surface area contributed by atoms with Crippen LogP contribution in [0.25, 0.3) is 11.0 Å². The number of fused-ring (bicyclic) bond motifs is 1. The van der Waals surface area contributed by atoms with Crippen molar-refractivity contribution in [3.63, 3.8) is 0 Å². The molecule has 0 aliphatic carbocycles. The second-order valence-electron chi connectivity index (χ2n) is 5.12. The zero-order valence-electron chi connectivity index (χ0n) is 13.0. The molecule has 0 saturated heterocycles. The fourth-order valence-electron chi connectivity index (χ4n) is 2.15. The number of thioether (sulfide) groups is 1. The average Bonchev–Trinajstić information content (AvgIpc) is 2.91. The van der Waals surface area contributed by atoms with Crippen LogP contribution in [-0.4, -0.2) is 32.5 Å². The van der Waals surface area contributed by atoms with Crippen LogP contribution in [0.1, 0.15) is 5.56 Å². The number of aromatic hydroxyl groups is 1. The number of phenolic OH excluding ortho intramolecular Hbond substituents is 1. The summed E-state index contributed by atoms with van der Waals surface area (Å²) in [6, 6.07) is 14.4. The minimum Gasteiger partial charge on any atom is -0.508 e. The summed E-state index contributed by atoms with van der Waals surface area (Å²) in [4.78, 5) is 16.4. The lowest BCUT2D eigenvalue weighted by molar-refractivity contribution is -0.118. The molecule has 0 saturated carbocycles. The van der Waals surface area contributed by atoms with Crippen molar-refractivity contribution in [2.75, 3.05) is 5.75 Å². The van der Waals surface area contributed by atoms with Gasteiger partial charge < -0.3 is 9.67 Å². The van der Waals surface area contributed by atoms with Gasteiger partial charge in [-0.25, -0.2) is 10.4 Å². The number of carbonyl (C=O) groups is 1. The van der Waals surface area contributed by atoms with Crippen molar-refractivity contribution >= 4 is 34.9 Å². The van der Waals surface area contributed by atoms with Crippen LogP contribution in [0.2, 0.25) is 0 Å². The number of hydrogen-bond acceptors (Lipinski definition) is 5. The number of nitrogens with one attached hydrogen (secondary N) is 1. The molecule has 3 aromatic rings. The number of nitrogens with zero attached hydrogens (tertiary/aromatic N) is 3. The monoisotopic (exact) mass is 340 g/mol. The van der Waals surface area contributed by atoms with E-state index in [9.17, 15) is 9.90 Å². The number of para-hydroxylation sites is 2. The summed E-state index contributed by atoms with van der Waals surface area (Å²) in [5.74, 6) is 0.210. The van der Waals surface area contributed by atoms with Gasteiger partial charge in [0.1, 0.15) is 5.75 Å². The topological polar surface area (TPSA) is 79.5 Å². The molecule has 24 heavy (non-hydrogen) atoms. The van der Waals surface area contributed by atoms with E-state index in [0.717, 1.165) is 21.8 Å². The van der Waals surface area contributed by atoms with Crippen molar-refractivity contribution in [1.29, 1.82) is 0 Å². The predicted octanol–water partition coefficient (Wildman–Crippen LogP) is 2.52. The number of carbonyl (C=O) groups excluding carboxylic acids is 1. The molecule has 0 aliphatic rings. The molecule has 0 spiro atoms. The Kier molecular flexibility index (Phi) is 4.81. The van der Waals surface area contributed by atoms with Crippen molar-refractivity contribution in [2.24, 2.45) is 12.1 Å². The molecular formula is C17H16N4O2S. The average molecular weight is 340 g/mol. The quantitative estimate of drug-likeness (QED) is 0.425. The molecule has 122 valence electrons. The van der Waals surface area contributed by atoms with Gasteiger partial charge in [0.15, 0.2) is 5.16 Å². The van der Waals surface area contributed by atoms with Crippen LogP contribution < -0.4 is 5.43 Å². The summed E-state index contributed by atoms with van der Waals surface area (Å²) in [7, 11) is 1.93. The van der Waals surface area contributed by atoms with Gasteiger partial charge in [-0.2, -0.15) is 5.10 Å². The van der Waals surface area contributed by atoms with Crippen LogP contribution in [0.5, 0.6) is 5.75 Å². The molecule has 0 bridgehead atoms. The Bertz CT molecular complexity index is 887. The van der Waals surface area contributed by atoms with Crippen molar-refractivity contribution in [2.45, 2.75) is 5.16 Å². The Labute approximate surface area is 143 Å². The van der Waals surface area contributed by atoms with E-state index < -0.39 is 0 Å². The van der Waals surface area contributed by atoms with Crippen molar-refractivity contribution in [3.8, 4) is 5.75 Å². The van der Waals surface area contributed by atoms with Gasteiger partial charge in [-0.15, -0.1) is 0 Å².